The lowest BCUT2D eigenvalue weighted by atomic mass is 10.0. The standard InChI is InChI=1S/C25H24ClN3O4S/c1-3-31-16-10-11-20-21(13-16)34-25(27-20)29(14-17-7-6-12-32-17)24(30)22-15(2)33-28-23(22)18-8-4-5-9-19(18)26/h4-5,8-11,13,17H,3,6-7,12,14H2,1-2H3/t17-/m0/s1. The summed E-state index contributed by atoms with van der Waals surface area (Å²) in [7, 11) is 0. The van der Waals surface area contributed by atoms with Crippen LogP contribution in [-0.2, 0) is 4.74 Å². The summed E-state index contributed by atoms with van der Waals surface area (Å²) in [5.41, 5.74) is 2.25. The molecule has 0 saturated carbocycles. The molecule has 0 aliphatic carbocycles. The highest BCUT2D eigenvalue weighted by atomic mass is 35.5. The lowest BCUT2D eigenvalue weighted by molar-refractivity contribution is 0.0916. The van der Waals surface area contributed by atoms with Gasteiger partial charge in [0.15, 0.2) is 5.13 Å². The normalized spacial score (nSPS) is 15.7. The van der Waals surface area contributed by atoms with Crippen molar-refractivity contribution in [3.63, 3.8) is 0 Å². The van der Waals surface area contributed by atoms with Gasteiger partial charge in [0.2, 0.25) is 0 Å². The van der Waals surface area contributed by atoms with E-state index in [1.165, 1.54) is 11.3 Å². The van der Waals surface area contributed by atoms with Gasteiger partial charge in [-0.25, -0.2) is 4.98 Å². The van der Waals surface area contributed by atoms with Crippen LogP contribution in [0.3, 0.4) is 0 Å². The van der Waals surface area contributed by atoms with Crippen molar-refractivity contribution >= 4 is 44.2 Å². The Morgan fingerprint density at radius 2 is 2.15 bits per heavy atom. The Morgan fingerprint density at radius 1 is 1.29 bits per heavy atom. The number of aryl methyl sites for hydroxylation is 1. The van der Waals surface area contributed by atoms with E-state index in [1.54, 1.807) is 17.9 Å². The van der Waals surface area contributed by atoms with Crippen molar-refractivity contribution in [2.24, 2.45) is 0 Å². The van der Waals surface area contributed by atoms with Gasteiger partial charge in [0.05, 0.1) is 34.5 Å². The minimum absolute atomic E-state index is 0.0566. The molecule has 34 heavy (non-hydrogen) atoms. The number of fused-ring (bicyclic) bond motifs is 1. The number of nitrogens with zero attached hydrogens (tertiary/aromatic N) is 3. The Balaban J connectivity index is 1.57. The number of thiazole rings is 1. The second-order valence-corrected chi connectivity index (χ2v) is 9.47. The molecule has 1 saturated heterocycles. The van der Waals surface area contributed by atoms with Gasteiger partial charge < -0.3 is 14.0 Å². The average molecular weight is 498 g/mol. The molecule has 1 amide bonds. The number of aromatic nitrogens is 2. The van der Waals surface area contributed by atoms with Crippen LogP contribution in [0, 0.1) is 6.92 Å². The van der Waals surface area contributed by atoms with Crippen molar-refractivity contribution in [2.45, 2.75) is 32.8 Å². The molecule has 2 aromatic heterocycles. The van der Waals surface area contributed by atoms with Crippen LogP contribution in [0.1, 0.15) is 35.9 Å². The monoisotopic (exact) mass is 497 g/mol. The van der Waals surface area contributed by atoms with Gasteiger partial charge in [-0.05, 0) is 51.0 Å². The van der Waals surface area contributed by atoms with E-state index in [-0.39, 0.29) is 12.0 Å². The highest BCUT2D eigenvalue weighted by Gasteiger charge is 2.32. The molecule has 0 radical (unpaired) electrons. The molecule has 0 bridgehead atoms. The first-order valence-corrected chi connectivity index (χ1v) is 12.4. The molecule has 1 aliphatic heterocycles. The summed E-state index contributed by atoms with van der Waals surface area (Å²) in [6.07, 6.45) is 1.81. The Kier molecular flexibility index (Phi) is 6.54. The molecule has 1 atom stereocenters. The van der Waals surface area contributed by atoms with Gasteiger partial charge in [-0.2, -0.15) is 0 Å². The first-order valence-electron chi connectivity index (χ1n) is 11.2. The van der Waals surface area contributed by atoms with E-state index in [4.69, 9.17) is 30.6 Å². The fraction of sp³-hybridized carbons (Fsp3) is 0.320. The van der Waals surface area contributed by atoms with Gasteiger partial charge in [-0.1, -0.05) is 46.3 Å². The number of carbonyl (C=O) groups is 1. The topological polar surface area (TPSA) is 77.7 Å². The van der Waals surface area contributed by atoms with Gasteiger partial charge in [-0.3, -0.25) is 9.69 Å². The van der Waals surface area contributed by atoms with Crippen LogP contribution in [0.25, 0.3) is 21.5 Å². The molecule has 3 heterocycles. The first-order chi connectivity index (χ1) is 16.5. The minimum Gasteiger partial charge on any atom is -0.494 e. The van der Waals surface area contributed by atoms with E-state index in [9.17, 15) is 4.79 Å². The fourth-order valence-corrected chi connectivity index (χ4v) is 5.33. The Morgan fingerprint density at radius 3 is 2.91 bits per heavy atom. The second kappa shape index (κ2) is 9.74. The van der Waals surface area contributed by atoms with Gasteiger partial charge in [-0.15, -0.1) is 0 Å². The molecule has 0 spiro atoms. The lowest BCUT2D eigenvalue weighted by Gasteiger charge is -2.23. The van der Waals surface area contributed by atoms with Gasteiger partial charge in [0.25, 0.3) is 5.91 Å². The molecule has 1 aliphatic rings. The van der Waals surface area contributed by atoms with E-state index in [2.05, 4.69) is 5.16 Å². The maximum Gasteiger partial charge on any atom is 0.266 e. The molecule has 176 valence electrons. The highest BCUT2D eigenvalue weighted by molar-refractivity contribution is 7.22. The molecular formula is C25H24ClN3O4S. The number of carbonyl (C=O) groups excluding carboxylic acids is 1. The number of hydrogen-bond donors (Lipinski definition) is 0. The number of hydrogen-bond acceptors (Lipinski definition) is 7. The van der Waals surface area contributed by atoms with Crippen molar-refractivity contribution in [1.29, 1.82) is 0 Å². The largest absolute Gasteiger partial charge is 0.494 e. The number of rotatable bonds is 7. The van der Waals surface area contributed by atoms with E-state index in [0.717, 1.165) is 28.8 Å². The molecular weight excluding hydrogens is 474 g/mol. The van der Waals surface area contributed by atoms with Crippen molar-refractivity contribution in [3.05, 3.63) is 58.8 Å². The van der Waals surface area contributed by atoms with E-state index < -0.39 is 0 Å². The predicted octanol–water partition coefficient (Wildman–Crippen LogP) is 6.14. The van der Waals surface area contributed by atoms with Crippen LogP contribution in [0.5, 0.6) is 5.75 Å². The molecule has 4 aromatic rings. The maximum absolute atomic E-state index is 14.0. The molecule has 2 aromatic carbocycles. The minimum atomic E-state index is -0.242. The van der Waals surface area contributed by atoms with E-state index in [0.29, 0.717) is 52.5 Å². The highest BCUT2D eigenvalue weighted by Crippen LogP contribution is 2.36. The summed E-state index contributed by atoms with van der Waals surface area (Å²) in [4.78, 5) is 20.5. The summed E-state index contributed by atoms with van der Waals surface area (Å²) in [5, 5.41) is 5.27. The number of benzene rings is 2. The number of anilines is 1. The molecule has 7 nitrogen and oxygen atoms in total. The summed E-state index contributed by atoms with van der Waals surface area (Å²) in [5.74, 6) is 0.961. The van der Waals surface area contributed by atoms with Crippen LogP contribution >= 0.6 is 22.9 Å². The van der Waals surface area contributed by atoms with E-state index >= 15 is 0 Å². The Bertz CT molecular complexity index is 1330. The van der Waals surface area contributed by atoms with Crippen molar-refractivity contribution in [2.75, 3.05) is 24.7 Å². The van der Waals surface area contributed by atoms with Crippen LogP contribution in [0.4, 0.5) is 5.13 Å². The van der Waals surface area contributed by atoms with Crippen LogP contribution in [-0.4, -0.2) is 41.9 Å². The van der Waals surface area contributed by atoms with Gasteiger partial charge >= 0.3 is 0 Å². The third-order valence-corrected chi connectivity index (χ3v) is 7.12. The molecule has 0 N–H and O–H groups in total. The SMILES string of the molecule is CCOc1ccc2nc(N(C[C@@H]3CCCO3)C(=O)c3c(-c4ccccc4Cl)noc3C)sc2c1. The van der Waals surface area contributed by atoms with Crippen LogP contribution < -0.4 is 9.64 Å². The quantitative estimate of drug-likeness (QED) is 0.305. The molecule has 9 heteroatoms. The van der Waals surface area contributed by atoms with E-state index in [1.807, 2.05) is 43.3 Å². The van der Waals surface area contributed by atoms with Crippen LogP contribution in [0.2, 0.25) is 5.02 Å². The number of halogens is 1. The summed E-state index contributed by atoms with van der Waals surface area (Å²) < 4.78 is 17.9. The third kappa shape index (κ3) is 4.41. The predicted molar refractivity (Wildman–Crippen MR) is 133 cm³/mol. The second-order valence-electron chi connectivity index (χ2n) is 8.05. The zero-order valence-corrected chi connectivity index (χ0v) is 20.5. The van der Waals surface area contributed by atoms with Gasteiger partial charge in [0, 0.05) is 12.2 Å². The Hall–Kier alpha value is -2.94. The summed E-state index contributed by atoms with van der Waals surface area (Å²) in [6.45, 7) is 5.35. The third-order valence-electron chi connectivity index (χ3n) is 5.75. The Labute approximate surface area is 206 Å². The van der Waals surface area contributed by atoms with Gasteiger partial charge in [0.1, 0.15) is 22.8 Å². The van der Waals surface area contributed by atoms with Crippen molar-refractivity contribution in [1.82, 2.24) is 10.1 Å². The van der Waals surface area contributed by atoms with Crippen LogP contribution in [0.15, 0.2) is 47.0 Å². The lowest BCUT2D eigenvalue weighted by Crippen LogP contribution is -2.37. The van der Waals surface area contributed by atoms with Crippen molar-refractivity contribution < 1.29 is 18.8 Å². The van der Waals surface area contributed by atoms with Crippen molar-refractivity contribution in [3.8, 4) is 17.0 Å². The molecule has 5 rings (SSSR count). The zero-order valence-electron chi connectivity index (χ0n) is 18.9. The molecule has 1 fully saturated rings. The summed E-state index contributed by atoms with van der Waals surface area (Å²) >= 11 is 7.87. The maximum atomic E-state index is 14.0. The fourth-order valence-electron chi connectivity index (χ4n) is 4.10. The summed E-state index contributed by atoms with van der Waals surface area (Å²) in [6, 6.07) is 13.0. The zero-order chi connectivity index (χ0) is 23.7. The molecule has 0 unspecified atom stereocenters. The average Bonchev–Trinajstić information content (AvgIpc) is 3.57. The first kappa shape index (κ1) is 22.8. The number of ether oxygens (including phenoxy) is 2. The smallest absolute Gasteiger partial charge is 0.266 e. The number of amides is 1.